The number of ether oxygens (including phenoxy) is 1. The van der Waals surface area contributed by atoms with Crippen molar-refractivity contribution in [2.45, 2.75) is 13.0 Å². The van der Waals surface area contributed by atoms with Gasteiger partial charge in [-0.2, -0.15) is 0 Å². The molecule has 0 aliphatic carbocycles. The molecule has 5 heteroatoms. The van der Waals surface area contributed by atoms with Gasteiger partial charge in [0.2, 0.25) is 5.91 Å². The Morgan fingerprint density at radius 1 is 1.21 bits per heavy atom. The van der Waals surface area contributed by atoms with Gasteiger partial charge in [0.1, 0.15) is 17.4 Å². The first-order chi connectivity index (χ1) is 11.7. The molecule has 1 aromatic heterocycles. The van der Waals surface area contributed by atoms with Crippen LogP contribution in [0.25, 0.3) is 11.3 Å². The van der Waals surface area contributed by atoms with E-state index in [1.54, 1.807) is 16.2 Å². The summed E-state index contributed by atoms with van der Waals surface area (Å²) < 4.78 is 5.74. The summed E-state index contributed by atoms with van der Waals surface area (Å²) in [6, 6.07) is 15.8. The molecule has 24 heavy (non-hydrogen) atoms. The topological polar surface area (TPSA) is 42.4 Å². The Labute approximate surface area is 144 Å². The van der Waals surface area contributed by atoms with Gasteiger partial charge in [0.05, 0.1) is 12.1 Å². The summed E-state index contributed by atoms with van der Waals surface area (Å²) in [5.74, 6) is 0.978. The summed E-state index contributed by atoms with van der Waals surface area (Å²) in [5.41, 5.74) is 4.03. The van der Waals surface area contributed by atoms with E-state index in [4.69, 9.17) is 4.74 Å². The van der Waals surface area contributed by atoms with E-state index in [0.29, 0.717) is 13.0 Å². The van der Waals surface area contributed by atoms with Crippen molar-refractivity contribution >= 4 is 22.9 Å². The van der Waals surface area contributed by atoms with Gasteiger partial charge in [0.15, 0.2) is 0 Å². The van der Waals surface area contributed by atoms with Crippen LogP contribution in [-0.4, -0.2) is 17.9 Å². The van der Waals surface area contributed by atoms with E-state index in [0.717, 1.165) is 33.3 Å². The fourth-order valence-corrected chi connectivity index (χ4v) is 3.52. The third kappa shape index (κ3) is 2.78. The van der Waals surface area contributed by atoms with Crippen LogP contribution >= 0.6 is 11.3 Å². The van der Waals surface area contributed by atoms with Gasteiger partial charge < -0.3 is 9.64 Å². The number of likely N-dealkylation sites (N-methyl/N-ethyl adjacent to an activating group) is 1. The van der Waals surface area contributed by atoms with E-state index in [-0.39, 0.29) is 5.91 Å². The van der Waals surface area contributed by atoms with Crippen molar-refractivity contribution < 1.29 is 9.53 Å². The summed E-state index contributed by atoms with van der Waals surface area (Å²) in [4.78, 5) is 18.2. The van der Waals surface area contributed by atoms with Crippen molar-refractivity contribution in [1.29, 1.82) is 0 Å². The predicted octanol–water partition coefficient (Wildman–Crippen LogP) is 3.91. The molecule has 0 unspecified atom stereocenters. The van der Waals surface area contributed by atoms with Crippen molar-refractivity contribution in [3.63, 3.8) is 0 Å². The monoisotopic (exact) mass is 336 g/mol. The molecule has 0 N–H and O–H groups in total. The molecule has 120 valence electrons. The number of para-hydroxylation sites is 1. The first kappa shape index (κ1) is 14.9. The van der Waals surface area contributed by atoms with Gasteiger partial charge in [0, 0.05) is 23.7 Å². The molecule has 1 aliphatic heterocycles. The first-order valence-corrected chi connectivity index (χ1v) is 8.61. The lowest BCUT2D eigenvalue weighted by Gasteiger charge is -2.09. The van der Waals surface area contributed by atoms with Crippen LogP contribution in [0.4, 0.5) is 5.69 Å². The zero-order valence-corrected chi connectivity index (χ0v) is 14.0. The Morgan fingerprint density at radius 3 is 2.88 bits per heavy atom. The molecule has 0 spiro atoms. The molecule has 0 fully saturated rings. The lowest BCUT2D eigenvalue weighted by Crippen LogP contribution is -2.20. The number of aromatic nitrogens is 1. The number of fused-ring (bicyclic) bond motifs is 1. The highest BCUT2D eigenvalue weighted by molar-refractivity contribution is 7.09. The fourth-order valence-electron chi connectivity index (χ4n) is 2.80. The average molecular weight is 336 g/mol. The Bertz CT molecular complexity index is 889. The maximum absolute atomic E-state index is 11.8. The first-order valence-electron chi connectivity index (χ1n) is 7.73. The van der Waals surface area contributed by atoms with E-state index in [9.17, 15) is 4.79 Å². The lowest BCUT2D eigenvalue weighted by atomic mass is 10.1. The van der Waals surface area contributed by atoms with Gasteiger partial charge in [-0.25, -0.2) is 4.98 Å². The molecular weight excluding hydrogens is 320 g/mol. The van der Waals surface area contributed by atoms with Crippen molar-refractivity contribution in [3.05, 3.63) is 64.5 Å². The molecule has 0 bridgehead atoms. The van der Waals surface area contributed by atoms with Crippen LogP contribution in [0.1, 0.15) is 10.6 Å². The average Bonchev–Trinajstić information content (AvgIpc) is 3.19. The number of thiazole rings is 1. The van der Waals surface area contributed by atoms with Gasteiger partial charge in [0.25, 0.3) is 0 Å². The SMILES string of the molecule is CN1C(=O)Cc2cc(-c3csc(COc4ccccc4)n3)ccc21. The third-order valence-corrected chi connectivity index (χ3v) is 4.93. The zero-order valence-electron chi connectivity index (χ0n) is 13.2. The largest absolute Gasteiger partial charge is 0.486 e. The summed E-state index contributed by atoms with van der Waals surface area (Å²) >= 11 is 1.58. The Hall–Kier alpha value is -2.66. The molecule has 0 atom stereocenters. The van der Waals surface area contributed by atoms with E-state index < -0.39 is 0 Å². The van der Waals surface area contributed by atoms with Gasteiger partial charge in [-0.15, -0.1) is 11.3 Å². The van der Waals surface area contributed by atoms with Crippen LogP contribution in [-0.2, 0) is 17.8 Å². The smallest absolute Gasteiger partial charge is 0.231 e. The normalized spacial score (nSPS) is 13.2. The lowest BCUT2D eigenvalue weighted by molar-refractivity contribution is -0.117. The molecule has 1 aliphatic rings. The molecular formula is C19H16N2O2S. The number of anilines is 1. The Kier molecular flexibility index (Phi) is 3.78. The van der Waals surface area contributed by atoms with Crippen molar-refractivity contribution in [1.82, 2.24) is 4.98 Å². The number of rotatable bonds is 4. The Balaban J connectivity index is 1.51. The quantitative estimate of drug-likeness (QED) is 0.725. The predicted molar refractivity (Wildman–Crippen MR) is 95.4 cm³/mol. The maximum Gasteiger partial charge on any atom is 0.231 e. The highest BCUT2D eigenvalue weighted by Crippen LogP contribution is 2.32. The Morgan fingerprint density at radius 2 is 2.04 bits per heavy atom. The molecule has 2 aromatic carbocycles. The van der Waals surface area contributed by atoms with Crippen LogP contribution in [0.2, 0.25) is 0 Å². The van der Waals surface area contributed by atoms with Crippen LogP contribution in [0, 0.1) is 0 Å². The number of carbonyl (C=O) groups excluding carboxylic acids is 1. The minimum absolute atomic E-state index is 0.136. The van der Waals surface area contributed by atoms with E-state index >= 15 is 0 Å². The van der Waals surface area contributed by atoms with Crippen LogP contribution in [0.5, 0.6) is 5.75 Å². The molecule has 4 nitrogen and oxygen atoms in total. The van der Waals surface area contributed by atoms with Gasteiger partial charge >= 0.3 is 0 Å². The van der Waals surface area contributed by atoms with Gasteiger partial charge in [-0.3, -0.25) is 4.79 Å². The second-order valence-corrected chi connectivity index (χ2v) is 6.64. The van der Waals surface area contributed by atoms with Crippen molar-refractivity contribution in [3.8, 4) is 17.0 Å². The van der Waals surface area contributed by atoms with Crippen molar-refractivity contribution in [2.75, 3.05) is 11.9 Å². The second-order valence-electron chi connectivity index (χ2n) is 5.70. The van der Waals surface area contributed by atoms with Crippen molar-refractivity contribution in [2.24, 2.45) is 0 Å². The molecule has 0 saturated carbocycles. The summed E-state index contributed by atoms with van der Waals surface area (Å²) in [6.45, 7) is 0.459. The molecule has 4 rings (SSSR count). The number of hydrogen-bond donors (Lipinski definition) is 0. The minimum atomic E-state index is 0.136. The van der Waals surface area contributed by atoms with E-state index in [2.05, 4.69) is 11.1 Å². The molecule has 0 saturated heterocycles. The number of benzene rings is 2. The summed E-state index contributed by atoms with van der Waals surface area (Å²) in [5, 5.41) is 2.97. The second kappa shape index (κ2) is 6.09. The molecule has 2 heterocycles. The summed E-state index contributed by atoms with van der Waals surface area (Å²) in [7, 11) is 1.82. The van der Waals surface area contributed by atoms with Crippen LogP contribution < -0.4 is 9.64 Å². The van der Waals surface area contributed by atoms with E-state index in [1.165, 1.54) is 0 Å². The van der Waals surface area contributed by atoms with Gasteiger partial charge in [-0.05, 0) is 29.8 Å². The standard InChI is InChI=1S/C19H16N2O2S/c1-21-17-8-7-13(9-14(17)10-19(21)22)16-12-24-18(20-16)11-23-15-5-3-2-4-6-15/h2-9,12H,10-11H2,1H3. The molecule has 3 aromatic rings. The minimum Gasteiger partial charge on any atom is -0.486 e. The molecule has 0 radical (unpaired) electrons. The number of carbonyl (C=O) groups is 1. The highest BCUT2D eigenvalue weighted by atomic mass is 32.1. The highest BCUT2D eigenvalue weighted by Gasteiger charge is 2.24. The third-order valence-electron chi connectivity index (χ3n) is 4.11. The number of hydrogen-bond acceptors (Lipinski definition) is 4. The zero-order chi connectivity index (χ0) is 16.5. The maximum atomic E-state index is 11.8. The van der Waals surface area contributed by atoms with Crippen LogP contribution in [0.3, 0.4) is 0 Å². The fraction of sp³-hybridized carbons (Fsp3) is 0.158. The number of amides is 1. The van der Waals surface area contributed by atoms with E-state index in [1.807, 2.05) is 54.9 Å². The molecule has 1 amide bonds. The van der Waals surface area contributed by atoms with Crippen LogP contribution in [0.15, 0.2) is 53.9 Å². The van der Waals surface area contributed by atoms with Gasteiger partial charge in [-0.1, -0.05) is 24.3 Å². The number of nitrogens with zero attached hydrogens (tertiary/aromatic N) is 2. The summed E-state index contributed by atoms with van der Waals surface area (Å²) in [6.07, 6.45) is 0.466.